The molecule has 2 nitrogen and oxygen atoms in total. The van der Waals surface area contributed by atoms with Crippen LogP contribution in [0.4, 0.5) is 5.69 Å². The molecule has 0 radical (unpaired) electrons. The number of rotatable bonds is 5. The van der Waals surface area contributed by atoms with Gasteiger partial charge in [-0.2, -0.15) is 11.8 Å². The van der Waals surface area contributed by atoms with Crippen molar-refractivity contribution in [1.29, 1.82) is 0 Å². The van der Waals surface area contributed by atoms with E-state index in [0.29, 0.717) is 4.75 Å². The molecule has 3 heteroatoms. The average Bonchev–Trinajstić information content (AvgIpc) is 3.02. The van der Waals surface area contributed by atoms with Crippen LogP contribution in [-0.2, 0) is 6.54 Å². The van der Waals surface area contributed by atoms with Gasteiger partial charge < -0.3 is 11.1 Å². The van der Waals surface area contributed by atoms with Crippen molar-refractivity contribution >= 4 is 17.4 Å². The van der Waals surface area contributed by atoms with Gasteiger partial charge in [-0.3, -0.25) is 0 Å². The van der Waals surface area contributed by atoms with Crippen molar-refractivity contribution in [2.24, 2.45) is 0 Å². The second kappa shape index (κ2) is 4.45. The van der Waals surface area contributed by atoms with E-state index in [4.69, 9.17) is 5.73 Å². The zero-order valence-electron chi connectivity index (χ0n) is 9.12. The minimum absolute atomic E-state index is 0.531. The smallest absolute Gasteiger partial charge is 0.0359 e. The van der Waals surface area contributed by atoms with Crippen molar-refractivity contribution in [2.75, 3.05) is 18.5 Å². The van der Waals surface area contributed by atoms with Gasteiger partial charge >= 0.3 is 0 Å². The van der Waals surface area contributed by atoms with Crippen molar-refractivity contribution in [3.8, 4) is 0 Å². The number of nitrogens with one attached hydrogen (secondary N) is 1. The molecule has 0 saturated heterocycles. The summed E-state index contributed by atoms with van der Waals surface area (Å²) < 4.78 is 0.531. The summed E-state index contributed by atoms with van der Waals surface area (Å²) in [5.74, 6) is 0. The fourth-order valence-corrected chi connectivity index (χ4v) is 2.47. The minimum atomic E-state index is 0.531. The summed E-state index contributed by atoms with van der Waals surface area (Å²) >= 11 is 1.98. The van der Waals surface area contributed by atoms with Crippen LogP contribution in [0, 0.1) is 0 Å². The predicted molar refractivity (Wildman–Crippen MR) is 68.0 cm³/mol. The molecule has 0 spiro atoms. The maximum absolute atomic E-state index is 5.87. The fraction of sp³-hybridized carbons (Fsp3) is 0.500. The Bertz CT molecular complexity index is 334. The van der Waals surface area contributed by atoms with Crippen LogP contribution in [0.25, 0.3) is 0 Å². The topological polar surface area (TPSA) is 38.0 Å². The lowest BCUT2D eigenvalue weighted by molar-refractivity contribution is 0.664. The second-order valence-corrected chi connectivity index (χ2v) is 5.46. The number of nitrogen functional groups attached to an aromatic ring is 1. The molecule has 1 aliphatic carbocycles. The van der Waals surface area contributed by atoms with E-state index < -0.39 is 0 Å². The van der Waals surface area contributed by atoms with Crippen LogP contribution in [0.15, 0.2) is 24.3 Å². The molecule has 1 fully saturated rings. The predicted octanol–water partition coefficient (Wildman–Crippen LogP) is 2.25. The van der Waals surface area contributed by atoms with Crippen LogP contribution in [-0.4, -0.2) is 17.5 Å². The van der Waals surface area contributed by atoms with Crippen LogP contribution in [0.1, 0.15) is 18.4 Å². The maximum atomic E-state index is 5.87. The molecule has 82 valence electrons. The molecule has 0 bridgehead atoms. The van der Waals surface area contributed by atoms with Gasteiger partial charge in [-0.1, -0.05) is 18.2 Å². The Kier molecular flexibility index (Phi) is 3.22. The Morgan fingerprint density at radius 3 is 2.73 bits per heavy atom. The minimum Gasteiger partial charge on any atom is -0.398 e. The molecule has 1 aliphatic rings. The number of para-hydroxylation sites is 1. The maximum Gasteiger partial charge on any atom is 0.0359 e. The lowest BCUT2D eigenvalue weighted by Crippen LogP contribution is -2.25. The molecule has 0 unspecified atom stereocenters. The monoisotopic (exact) mass is 222 g/mol. The van der Waals surface area contributed by atoms with Gasteiger partial charge in [0, 0.05) is 23.5 Å². The highest BCUT2D eigenvalue weighted by Crippen LogP contribution is 2.46. The molecule has 15 heavy (non-hydrogen) atoms. The van der Waals surface area contributed by atoms with Gasteiger partial charge in [0.05, 0.1) is 0 Å². The molecule has 1 saturated carbocycles. The first-order valence-electron chi connectivity index (χ1n) is 5.35. The van der Waals surface area contributed by atoms with Crippen LogP contribution in [0.2, 0.25) is 0 Å². The summed E-state index contributed by atoms with van der Waals surface area (Å²) in [6.45, 7) is 1.98. The number of benzene rings is 1. The highest BCUT2D eigenvalue weighted by atomic mass is 32.2. The summed E-state index contributed by atoms with van der Waals surface area (Å²) in [4.78, 5) is 0. The van der Waals surface area contributed by atoms with Crippen molar-refractivity contribution in [1.82, 2.24) is 5.32 Å². The standard InChI is InChI=1S/C12H18N2S/c1-15-12(6-7-12)9-14-8-10-4-2-3-5-11(10)13/h2-5,14H,6-9,13H2,1H3. The Morgan fingerprint density at radius 1 is 1.40 bits per heavy atom. The first-order valence-corrected chi connectivity index (χ1v) is 6.57. The van der Waals surface area contributed by atoms with E-state index >= 15 is 0 Å². The van der Waals surface area contributed by atoms with E-state index in [0.717, 1.165) is 18.8 Å². The molecule has 2 rings (SSSR count). The molecular weight excluding hydrogens is 204 g/mol. The average molecular weight is 222 g/mol. The van der Waals surface area contributed by atoms with Gasteiger partial charge in [0.15, 0.2) is 0 Å². The number of hydrogen-bond acceptors (Lipinski definition) is 3. The summed E-state index contributed by atoms with van der Waals surface area (Å²) in [5.41, 5.74) is 7.96. The summed E-state index contributed by atoms with van der Waals surface area (Å²) in [7, 11) is 0. The summed E-state index contributed by atoms with van der Waals surface area (Å²) in [5, 5.41) is 3.50. The Hall–Kier alpha value is -0.670. The quantitative estimate of drug-likeness (QED) is 0.750. The molecule has 3 N–H and O–H groups in total. The lowest BCUT2D eigenvalue weighted by Gasteiger charge is -2.13. The Labute approximate surface area is 95.6 Å². The van der Waals surface area contributed by atoms with Crippen LogP contribution < -0.4 is 11.1 Å². The molecular formula is C12H18N2S. The number of hydrogen-bond donors (Lipinski definition) is 2. The first kappa shape index (κ1) is 10.8. The third kappa shape index (κ3) is 2.67. The van der Waals surface area contributed by atoms with E-state index in [9.17, 15) is 0 Å². The number of thioether (sulfide) groups is 1. The number of anilines is 1. The van der Waals surface area contributed by atoms with E-state index in [2.05, 4.69) is 17.6 Å². The fourth-order valence-electron chi connectivity index (χ4n) is 1.71. The van der Waals surface area contributed by atoms with Crippen molar-refractivity contribution in [3.05, 3.63) is 29.8 Å². The van der Waals surface area contributed by atoms with Gasteiger partial charge in [-0.25, -0.2) is 0 Å². The lowest BCUT2D eigenvalue weighted by atomic mass is 10.2. The van der Waals surface area contributed by atoms with Gasteiger partial charge in [-0.05, 0) is 30.7 Å². The molecule has 0 aromatic heterocycles. The van der Waals surface area contributed by atoms with Crippen LogP contribution >= 0.6 is 11.8 Å². The summed E-state index contributed by atoms with van der Waals surface area (Å²) in [6, 6.07) is 8.05. The van der Waals surface area contributed by atoms with E-state index in [1.54, 1.807) is 0 Å². The highest BCUT2D eigenvalue weighted by Gasteiger charge is 2.41. The first-order chi connectivity index (χ1) is 7.26. The van der Waals surface area contributed by atoms with Crippen molar-refractivity contribution < 1.29 is 0 Å². The molecule has 0 atom stereocenters. The zero-order valence-corrected chi connectivity index (χ0v) is 9.94. The van der Waals surface area contributed by atoms with Crippen LogP contribution in [0.5, 0.6) is 0 Å². The van der Waals surface area contributed by atoms with Gasteiger partial charge in [0.1, 0.15) is 0 Å². The van der Waals surface area contributed by atoms with E-state index in [1.165, 1.54) is 18.4 Å². The zero-order chi connectivity index (χ0) is 10.7. The summed E-state index contributed by atoms with van der Waals surface area (Å²) in [6.07, 6.45) is 4.91. The Balaban J connectivity index is 1.81. The molecule has 1 aromatic carbocycles. The highest BCUT2D eigenvalue weighted by molar-refractivity contribution is 8.00. The third-order valence-corrected chi connectivity index (χ3v) is 4.48. The molecule has 0 heterocycles. The van der Waals surface area contributed by atoms with E-state index in [1.807, 2.05) is 30.0 Å². The van der Waals surface area contributed by atoms with Crippen molar-refractivity contribution in [2.45, 2.75) is 24.1 Å². The Morgan fingerprint density at radius 2 is 2.13 bits per heavy atom. The van der Waals surface area contributed by atoms with Crippen LogP contribution in [0.3, 0.4) is 0 Å². The number of nitrogens with two attached hydrogens (primary N) is 1. The van der Waals surface area contributed by atoms with Gasteiger partial charge in [0.2, 0.25) is 0 Å². The van der Waals surface area contributed by atoms with Gasteiger partial charge in [0.25, 0.3) is 0 Å². The normalized spacial score (nSPS) is 17.7. The SMILES string of the molecule is CSC1(CNCc2ccccc2N)CC1. The molecule has 0 aliphatic heterocycles. The van der Waals surface area contributed by atoms with E-state index in [-0.39, 0.29) is 0 Å². The molecule has 1 aromatic rings. The van der Waals surface area contributed by atoms with Gasteiger partial charge in [-0.15, -0.1) is 0 Å². The largest absolute Gasteiger partial charge is 0.398 e. The molecule has 0 amide bonds. The third-order valence-electron chi connectivity index (χ3n) is 3.06. The second-order valence-electron chi connectivity index (χ2n) is 4.19. The van der Waals surface area contributed by atoms with Crippen molar-refractivity contribution in [3.63, 3.8) is 0 Å².